The van der Waals surface area contributed by atoms with Gasteiger partial charge in [0.05, 0.1) is 106 Å². The van der Waals surface area contributed by atoms with Crippen LogP contribution in [0.5, 0.6) is 0 Å². The van der Waals surface area contributed by atoms with Crippen molar-refractivity contribution < 1.29 is 127 Å². The number of hydrogen-bond acceptors (Lipinski definition) is 24. The van der Waals surface area contributed by atoms with Gasteiger partial charge in [0, 0.05) is 82.0 Å². The Morgan fingerprint density at radius 3 is 0.789 bits per heavy atom. The summed E-state index contributed by atoms with van der Waals surface area (Å²) in [5.41, 5.74) is -5.19. The molecular weight excluding hydrogens is 1560 g/mol. The van der Waals surface area contributed by atoms with Crippen LogP contribution in [0.25, 0.3) is 0 Å². The number of rotatable bonds is 25. The third-order valence-corrected chi connectivity index (χ3v) is 26.4. The van der Waals surface area contributed by atoms with Gasteiger partial charge < -0.3 is 72.7 Å². The van der Waals surface area contributed by atoms with Gasteiger partial charge in [-0.05, 0) is 101 Å². The van der Waals surface area contributed by atoms with Gasteiger partial charge in [0.25, 0.3) is 0 Å². The normalized spacial score (nSPS) is 23.2. The standard InChI is InChI=1S/C24H31N2O3S2.C22H27N2O3S2.C21H25N2O3S2.3C2HF3O2/c25-12-4-2-1-3-5-13-26-14-10-19(11-15-26)20(18-26)29-23(27)24(28,21-8-6-16-30-21)22-9-7-17-31-22;23-10-2-1-3-11-24-12-8-17(9-13-24)18(16-24)27-21(25)22(26,19-6-4-14-28-19)20-7-5-15-29-20;22-9-1-2-10-23-11-7-16(8-12-23)17(15-23)26-20(24)21(25,18-5-3-13-27-18)19-6-4-14-28-19;3*3-2(4,5)1(6)7/h6-9,16-17,19-20,28H,1-5,10-11,13-15,18H2;4-7,14-15,17-18,26H,1-3,8-9,11-13,16H2;3-6,13-14,16-17,25H,1-2,7-8,10-12,15H2;3*(H,6,7)/q3*+1;;;/p-3/t19?,20-,26?;17?,18-,24?;16?,17-,23?;;;/m000.../s1. The van der Waals surface area contributed by atoms with E-state index in [2.05, 4.69) is 18.2 Å². The fraction of sp³-hybridized carbons (Fsp3) is 0.548. The minimum atomic E-state index is -5.19. The van der Waals surface area contributed by atoms with E-state index in [-0.39, 0.29) is 18.3 Å². The molecule has 3 N–H and O–H groups in total. The molecule has 6 aromatic heterocycles. The quantitative estimate of drug-likeness (QED) is 0.0158. The average molecular weight is 1650 g/mol. The van der Waals surface area contributed by atoms with E-state index in [1.54, 1.807) is 24.3 Å². The van der Waals surface area contributed by atoms with E-state index in [4.69, 9.17) is 59.7 Å². The lowest BCUT2D eigenvalue weighted by atomic mass is 9.82. The first-order valence-electron chi connectivity index (χ1n) is 35.1. The highest BCUT2D eigenvalue weighted by molar-refractivity contribution is 7.13. The molecule has 109 heavy (non-hydrogen) atoms. The van der Waals surface area contributed by atoms with Gasteiger partial charge >= 0.3 is 36.4 Å². The molecule has 0 spiro atoms. The molecule has 9 aliphatic heterocycles. The highest BCUT2D eigenvalue weighted by atomic mass is 32.1. The summed E-state index contributed by atoms with van der Waals surface area (Å²) in [6, 6.07) is 28.6. The van der Waals surface area contributed by atoms with Crippen LogP contribution < -0.4 is 15.3 Å². The molecule has 0 saturated carbocycles. The maximum Gasteiger partial charge on any atom is 0.430 e. The highest BCUT2D eigenvalue weighted by Crippen LogP contribution is 2.45. The molecule has 36 heteroatoms. The number of alkyl halides is 9. The molecule has 0 aromatic carbocycles. The first-order chi connectivity index (χ1) is 51.5. The predicted octanol–water partition coefficient (Wildman–Crippen LogP) is 9.96. The second-order valence-corrected chi connectivity index (χ2v) is 33.2. The number of fused-ring (bicyclic) bond motifs is 9. The number of hydrogen-bond donors (Lipinski definition) is 3. The SMILES string of the molecule is N#CCCCCCC[N+]12CCC(CC1)[C@@H](OC(=O)C(O)(c1cccs1)c1cccs1)C2.N#CCCCC[N+]12CCC(CC1)[C@@H](OC(=O)C(O)(c1cccs1)c1cccs1)C2.N#CCCC[N+]12CCC(CC1)[C@@H](OC(=O)C(O)(c1cccs1)c1cccs1)C2.O=C([O-])C(F)(F)F.O=C([O-])C(F)(F)F.O=C([O-])C(F)(F)F. The molecule has 6 bridgehead atoms. The molecule has 594 valence electrons. The van der Waals surface area contributed by atoms with E-state index in [1.807, 2.05) is 80.8 Å². The van der Waals surface area contributed by atoms with Crippen LogP contribution in [0, 0.1) is 51.7 Å². The first kappa shape index (κ1) is 88.8. The number of quaternary nitrogens is 3. The van der Waals surface area contributed by atoms with Gasteiger partial charge in [-0.15, -0.1) is 68.0 Å². The molecule has 0 radical (unpaired) electrons. The summed E-state index contributed by atoms with van der Waals surface area (Å²) in [6.45, 7) is 12.4. The number of unbranched alkanes of at least 4 members (excludes halogenated alkanes) is 7. The van der Waals surface area contributed by atoms with Gasteiger partial charge in [-0.1, -0.05) is 42.8 Å². The number of carboxylic acid groups (broad SMARTS) is 3. The Hall–Kier alpha value is -7.38. The number of aliphatic hydroxyl groups is 3. The molecule has 6 aromatic rings. The van der Waals surface area contributed by atoms with Crippen LogP contribution in [0.2, 0.25) is 0 Å². The van der Waals surface area contributed by atoms with Crippen LogP contribution in [0.15, 0.2) is 105 Å². The van der Waals surface area contributed by atoms with Gasteiger partial charge in [-0.25, -0.2) is 14.4 Å². The minimum absolute atomic E-state index is 0.125. The van der Waals surface area contributed by atoms with E-state index in [0.717, 1.165) is 175 Å². The summed E-state index contributed by atoms with van der Waals surface area (Å²) in [7, 11) is 0. The summed E-state index contributed by atoms with van der Waals surface area (Å²) in [5, 5.41) is 98.3. The molecule has 0 unspecified atom stereocenters. The summed E-state index contributed by atoms with van der Waals surface area (Å²) in [5.74, 6) is -9.52. The first-order valence-corrected chi connectivity index (χ1v) is 40.4. The van der Waals surface area contributed by atoms with E-state index < -0.39 is 71.1 Å². The number of ether oxygens (including phenoxy) is 3. The molecule has 21 nitrogen and oxygen atoms in total. The zero-order valence-electron chi connectivity index (χ0n) is 58.9. The topological polar surface area (TPSA) is 331 Å². The minimum Gasteiger partial charge on any atom is -0.542 e. The van der Waals surface area contributed by atoms with Gasteiger partial charge in [0.2, 0.25) is 16.8 Å². The smallest absolute Gasteiger partial charge is 0.430 e. The molecule has 0 aliphatic carbocycles. The lowest BCUT2D eigenvalue weighted by Gasteiger charge is -2.52. The van der Waals surface area contributed by atoms with Crippen molar-refractivity contribution >= 4 is 104 Å². The molecule has 0 amide bonds. The van der Waals surface area contributed by atoms with Crippen LogP contribution in [0.1, 0.15) is 132 Å². The number of piperidine rings is 9. The van der Waals surface area contributed by atoms with Crippen molar-refractivity contribution in [1.29, 1.82) is 15.8 Å². The second kappa shape index (κ2) is 39.7. The Kier molecular flexibility index (Phi) is 32.3. The Morgan fingerprint density at radius 1 is 0.376 bits per heavy atom. The van der Waals surface area contributed by atoms with Crippen molar-refractivity contribution in [1.82, 2.24) is 0 Å². The molecule has 15 rings (SSSR count). The van der Waals surface area contributed by atoms with Gasteiger partial charge in [-0.3, -0.25) is 0 Å². The van der Waals surface area contributed by atoms with Crippen LogP contribution in [0.4, 0.5) is 39.5 Å². The molecule has 9 saturated heterocycles. The molecule has 9 aliphatic rings. The average Bonchev–Trinajstić information content (AvgIpc) is 1.69. The van der Waals surface area contributed by atoms with Crippen molar-refractivity contribution in [3.8, 4) is 18.2 Å². The zero-order valence-corrected chi connectivity index (χ0v) is 63.8. The number of carbonyl (C=O) groups excluding carboxylic acids is 6. The van der Waals surface area contributed by atoms with E-state index >= 15 is 0 Å². The number of halogens is 9. The zero-order chi connectivity index (χ0) is 79.9. The number of nitrogens with zero attached hydrogens (tertiary/aromatic N) is 6. The third-order valence-electron chi connectivity index (χ3n) is 20.5. The Morgan fingerprint density at radius 2 is 0.578 bits per heavy atom. The Bertz CT molecular complexity index is 3790. The van der Waals surface area contributed by atoms with Crippen molar-refractivity contribution in [2.24, 2.45) is 17.8 Å². The fourth-order valence-corrected chi connectivity index (χ4v) is 19.8. The van der Waals surface area contributed by atoms with Gasteiger partial charge in [0.15, 0.2) is 18.3 Å². The summed E-state index contributed by atoms with van der Waals surface area (Å²) >= 11 is 8.25. The predicted molar refractivity (Wildman–Crippen MR) is 378 cm³/mol. The molecular formula is C73H83F9N6O15S6. The number of thiophene rings is 6. The van der Waals surface area contributed by atoms with E-state index in [1.165, 1.54) is 68.0 Å². The van der Waals surface area contributed by atoms with Crippen LogP contribution in [-0.4, -0.2) is 180 Å². The van der Waals surface area contributed by atoms with Crippen molar-refractivity contribution in [2.75, 3.05) is 78.5 Å². The molecule has 3 atom stereocenters. The van der Waals surface area contributed by atoms with E-state index in [9.17, 15) is 69.2 Å². The number of aliphatic carboxylic acids is 3. The maximum absolute atomic E-state index is 13.4. The summed E-state index contributed by atoms with van der Waals surface area (Å²) in [6.07, 6.45) is -0.534. The second-order valence-electron chi connectivity index (χ2n) is 27.5. The lowest BCUT2D eigenvalue weighted by molar-refractivity contribution is -0.946. The maximum atomic E-state index is 13.4. The number of carbonyl (C=O) groups is 6. The number of esters is 3. The fourth-order valence-electron chi connectivity index (χ4n) is 14.7. The van der Waals surface area contributed by atoms with Gasteiger partial charge in [-0.2, -0.15) is 55.3 Å². The van der Waals surface area contributed by atoms with Crippen molar-refractivity contribution in [3.63, 3.8) is 0 Å². The lowest BCUT2D eigenvalue weighted by Crippen LogP contribution is -2.65. The Balaban J connectivity index is 0.000000201. The Labute approximate surface area is 647 Å². The largest absolute Gasteiger partial charge is 0.542 e. The van der Waals surface area contributed by atoms with Gasteiger partial charge in [0.1, 0.15) is 37.5 Å². The van der Waals surface area contributed by atoms with Crippen LogP contribution >= 0.6 is 68.0 Å². The summed E-state index contributed by atoms with van der Waals surface area (Å²) < 4.78 is 116. The molecule has 15 heterocycles. The van der Waals surface area contributed by atoms with E-state index in [0.29, 0.717) is 66.3 Å². The number of carboxylic acids is 3. The van der Waals surface area contributed by atoms with Crippen molar-refractivity contribution in [3.05, 3.63) is 134 Å². The summed E-state index contributed by atoms with van der Waals surface area (Å²) in [4.78, 5) is 69.9. The van der Waals surface area contributed by atoms with Crippen molar-refractivity contribution in [2.45, 2.75) is 156 Å². The van der Waals surface area contributed by atoms with Crippen LogP contribution in [-0.2, 0) is 59.8 Å². The van der Waals surface area contributed by atoms with Crippen LogP contribution in [0.3, 0.4) is 0 Å². The monoisotopic (exact) mass is 1650 g/mol. The third kappa shape index (κ3) is 23.6. The number of nitriles is 3. The molecule has 9 fully saturated rings. The highest BCUT2D eigenvalue weighted by Gasteiger charge is 2.55.